The molecule has 1 saturated heterocycles. The first kappa shape index (κ1) is 12.6. The van der Waals surface area contributed by atoms with Gasteiger partial charge in [-0.1, -0.05) is 13.8 Å². The number of ether oxygens (including phenoxy) is 2. The van der Waals surface area contributed by atoms with Gasteiger partial charge in [-0.15, -0.1) is 0 Å². The van der Waals surface area contributed by atoms with Crippen LogP contribution in [0, 0.1) is 5.41 Å². The molecule has 0 aromatic rings. The van der Waals surface area contributed by atoms with Crippen LogP contribution in [0.4, 0.5) is 9.59 Å². The Morgan fingerprint density at radius 2 is 1.44 bits per heavy atom. The Labute approximate surface area is 94.7 Å². The molecule has 6 heteroatoms. The van der Waals surface area contributed by atoms with E-state index < -0.39 is 12.2 Å². The Bertz CT molecular complexity index is 242. The van der Waals surface area contributed by atoms with Gasteiger partial charge in [0, 0.05) is 18.5 Å². The van der Waals surface area contributed by atoms with E-state index >= 15 is 0 Å². The molecular formula is C10H18N2O4. The molecule has 0 saturated carbocycles. The SMILES string of the molecule is CC1(C)COC(=O)NCCCNC(=O)OC1. The van der Waals surface area contributed by atoms with Crippen LogP contribution in [0.3, 0.4) is 0 Å². The number of carbonyl (C=O) groups is 2. The first-order valence-corrected chi connectivity index (χ1v) is 5.31. The van der Waals surface area contributed by atoms with Gasteiger partial charge in [-0.05, 0) is 6.42 Å². The largest absolute Gasteiger partial charge is 0.449 e. The first-order chi connectivity index (χ1) is 7.49. The van der Waals surface area contributed by atoms with Crippen molar-refractivity contribution < 1.29 is 19.1 Å². The Morgan fingerprint density at radius 1 is 1.00 bits per heavy atom. The molecule has 0 aromatic heterocycles. The van der Waals surface area contributed by atoms with Crippen molar-refractivity contribution in [1.82, 2.24) is 10.6 Å². The second kappa shape index (κ2) is 5.58. The van der Waals surface area contributed by atoms with Crippen LogP contribution in [0.2, 0.25) is 0 Å². The minimum atomic E-state index is -0.431. The number of nitrogens with one attached hydrogen (secondary N) is 2. The van der Waals surface area contributed by atoms with Crippen molar-refractivity contribution in [1.29, 1.82) is 0 Å². The molecule has 2 N–H and O–H groups in total. The standard InChI is InChI=1S/C10H18N2O4/c1-10(2)6-15-8(13)11-4-3-5-12-9(14)16-7-10/h3-7H2,1-2H3,(H,11,13)(H,12,14). The molecule has 1 fully saturated rings. The minimum Gasteiger partial charge on any atom is -0.449 e. The number of hydrogen-bond donors (Lipinski definition) is 2. The zero-order valence-electron chi connectivity index (χ0n) is 9.67. The zero-order chi connectivity index (χ0) is 12.0. The van der Waals surface area contributed by atoms with E-state index in [0.29, 0.717) is 19.5 Å². The van der Waals surface area contributed by atoms with Crippen LogP contribution < -0.4 is 10.6 Å². The van der Waals surface area contributed by atoms with Crippen LogP contribution in [0.1, 0.15) is 20.3 Å². The molecule has 16 heavy (non-hydrogen) atoms. The van der Waals surface area contributed by atoms with Crippen molar-refractivity contribution in [2.45, 2.75) is 20.3 Å². The highest BCUT2D eigenvalue weighted by atomic mass is 16.6. The normalized spacial score (nSPS) is 22.6. The summed E-state index contributed by atoms with van der Waals surface area (Å²) in [6.07, 6.45) is -0.215. The summed E-state index contributed by atoms with van der Waals surface area (Å²) in [7, 11) is 0. The van der Waals surface area contributed by atoms with Crippen LogP contribution in [-0.4, -0.2) is 38.5 Å². The molecule has 1 rings (SSSR count). The second-order valence-corrected chi connectivity index (χ2v) is 4.52. The zero-order valence-corrected chi connectivity index (χ0v) is 9.67. The van der Waals surface area contributed by atoms with Crippen LogP contribution in [0.5, 0.6) is 0 Å². The van der Waals surface area contributed by atoms with Gasteiger partial charge in [0.1, 0.15) is 13.2 Å². The summed E-state index contributed by atoms with van der Waals surface area (Å²) >= 11 is 0. The Kier molecular flexibility index (Phi) is 4.39. The van der Waals surface area contributed by atoms with Crippen molar-refractivity contribution in [3.63, 3.8) is 0 Å². The van der Waals surface area contributed by atoms with Gasteiger partial charge in [0.15, 0.2) is 0 Å². The third-order valence-corrected chi connectivity index (χ3v) is 2.08. The summed E-state index contributed by atoms with van der Waals surface area (Å²) in [5.41, 5.74) is -0.381. The molecule has 92 valence electrons. The lowest BCUT2D eigenvalue weighted by molar-refractivity contribution is 0.0454. The topological polar surface area (TPSA) is 76.7 Å². The van der Waals surface area contributed by atoms with Crippen LogP contribution in [-0.2, 0) is 9.47 Å². The van der Waals surface area contributed by atoms with Crippen LogP contribution >= 0.6 is 0 Å². The average Bonchev–Trinajstić information content (AvgIpc) is 2.22. The van der Waals surface area contributed by atoms with Crippen molar-refractivity contribution in [2.75, 3.05) is 26.3 Å². The molecule has 0 radical (unpaired) electrons. The van der Waals surface area contributed by atoms with Crippen molar-refractivity contribution in [3.8, 4) is 0 Å². The predicted octanol–water partition coefficient (Wildman–Crippen LogP) is 0.869. The molecule has 2 amide bonds. The van der Waals surface area contributed by atoms with E-state index in [2.05, 4.69) is 10.6 Å². The molecule has 1 aliphatic rings. The number of hydrogen-bond acceptors (Lipinski definition) is 4. The molecule has 0 aliphatic carbocycles. The molecular weight excluding hydrogens is 212 g/mol. The minimum absolute atomic E-state index is 0.214. The van der Waals surface area contributed by atoms with Gasteiger partial charge >= 0.3 is 12.2 Å². The number of rotatable bonds is 0. The number of amides is 2. The molecule has 6 nitrogen and oxygen atoms in total. The second-order valence-electron chi connectivity index (χ2n) is 4.52. The van der Waals surface area contributed by atoms with Gasteiger partial charge in [0.05, 0.1) is 0 Å². The predicted molar refractivity (Wildman–Crippen MR) is 57.1 cm³/mol. The Morgan fingerprint density at radius 3 is 1.88 bits per heavy atom. The average molecular weight is 230 g/mol. The maximum absolute atomic E-state index is 11.2. The highest BCUT2D eigenvalue weighted by Crippen LogP contribution is 2.16. The monoisotopic (exact) mass is 230 g/mol. The lowest BCUT2D eigenvalue weighted by atomic mass is 9.96. The van der Waals surface area contributed by atoms with E-state index in [9.17, 15) is 9.59 Å². The smallest absolute Gasteiger partial charge is 0.407 e. The van der Waals surface area contributed by atoms with Crippen LogP contribution in [0.15, 0.2) is 0 Å². The van der Waals surface area contributed by atoms with Gasteiger partial charge in [0.2, 0.25) is 0 Å². The molecule has 1 heterocycles. The lowest BCUT2D eigenvalue weighted by Gasteiger charge is -2.24. The quantitative estimate of drug-likeness (QED) is 0.647. The summed E-state index contributed by atoms with van der Waals surface area (Å²) in [4.78, 5) is 22.4. The molecule has 0 unspecified atom stereocenters. The van der Waals surface area contributed by atoms with Crippen molar-refractivity contribution >= 4 is 12.2 Å². The fourth-order valence-corrected chi connectivity index (χ4v) is 1.13. The molecule has 0 spiro atoms. The fourth-order valence-electron chi connectivity index (χ4n) is 1.13. The lowest BCUT2D eigenvalue weighted by Crippen LogP contribution is -2.37. The molecule has 0 aromatic carbocycles. The number of carbonyl (C=O) groups excluding carboxylic acids is 2. The highest BCUT2D eigenvalue weighted by molar-refractivity contribution is 5.68. The van der Waals surface area contributed by atoms with Gasteiger partial charge in [-0.2, -0.15) is 0 Å². The van der Waals surface area contributed by atoms with Gasteiger partial charge in [-0.3, -0.25) is 0 Å². The van der Waals surface area contributed by atoms with Gasteiger partial charge in [0.25, 0.3) is 0 Å². The van der Waals surface area contributed by atoms with Crippen molar-refractivity contribution in [2.24, 2.45) is 5.41 Å². The fraction of sp³-hybridized carbons (Fsp3) is 0.800. The van der Waals surface area contributed by atoms with Gasteiger partial charge < -0.3 is 20.1 Å². The van der Waals surface area contributed by atoms with Crippen LogP contribution in [0.25, 0.3) is 0 Å². The first-order valence-electron chi connectivity index (χ1n) is 5.31. The summed E-state index contributed by atoms with van der Waals surface area (Å²) in [6.45, 7) is 5.09. The maximum Gasteiger partial charge on any atom is 0.407 e. The number of cyclic esters (lactones) is 2. The van der Waals surface area contributed by atoms with E-state index in [1.807, 2.05) is 13.8 Å². The summed E-state index contributed by atoms with van der Waals surface area (Å²) in [5.74, 6) is 0. The summed E-state index contributed by atoms with van der Waals surface area (Å²) < 4.78 is 10.0. The molecule has 1 aliphatic heterocycles. The van der Waals surface area contributed by atoms with Gasteiger partial charge in [-0.25, -0.2) is 9.59 Å². The van der Waals surface area contributed by atoms with E-state index in [0.717, 1.165) is 0 Å². The summed E-state index contributed by atoms with van der Waals surface area (Å²) in [5, 5.41) is 5.20. The highest BCUT2D eigenvalue weighted by Gasteiger charge is 2.23. The third-order valence-electron chi connectivity index (χ3n) is 2.08. The van der Waals surface area contributed by atoms with E-state index in [1.165, 1.54) is 0 Å². The molecule has 0 bridgehead atoms. The Balaban J connectivity index is 2.50. The summed E-state index contributed by atoms with van der Waals surface area (Å²) in [6, 6.07) is 0. The van der Waals surface area contributed by atoms with E-state index in [1.54, 1.807) is 0 Å². The van der Waals surface area contributed by atoms with E-state index in [4.69, 9.17) is 9.47 Å². The van der Waals surface area contributed by atoms with E-state index in [-0.39, 0.29) is 18.6 Å². The number of alkyl carbamates (subject to hydrolysis) is 2. The third kappa shape index (κ3) is 4.86. The molecule has 0 atom stereocenters. The Hall–Kier alpha value is -1.46. The van der Waals surface area contributed by atoms with Crippen molar-refractivity contribution in [3.05, 3.63) is 0 Å². The maximum atomic E-state index is 11.2.